The van der Waals surface area contributed by atoms with Gasteiger partial charge in [-0.3, -0.25) is 9.69 Å². The molecule has 0 unspecified atom stereocenters. The molecule has 1 saturated heterocycles. The topological polar surface area (TPSA) is 43.8 Å². The molecule has 0 bridgehead atoms. The van der Waals surface area contributed by atoms with Crippen LogP contribution in [0.15, 0.2) is 18.2 Å². The highest BCUT2D eigenvalue weighted by Crippen LogP contribution is 2.21. The molecular formula is C16H24N2O2. The number of hydrogen-bond acceptors (Lipinski definition) is 3. The lowest BCUT2D eigenvalue weighted by Gasteiger charge is -2.35. The van der Waals surface area contributed by atoms with Crippen LogP contribution in [-0.4, -0.2) is 53.5 Å². The quantitative estimate of drug-likeness (QED) is 0.919. The van der Waals surface area contributed by atoms with Gasteiger partial charge in [-0.2, -0.15) is 0 Å². The van der Waals surface area contributed by atoms with Gasteiger partial charge in [0.2, 0.25) is 0 Å². The molecule has 1 aromatic carbocycles. The minimum absolute atomic E-state index is 0.0302. The van der Waals surface area contributed by atoms with Crippen molar-refractivity contribution in [3.63, 3.8) is 0 Å². The summed E-state index contributed by atoms with van der Waals surface area (Å²) in [4.78, 5) is 16.8. The van der Waals surface area contributed by atoms with Gasteiger partial charge in [-0.1, -0.05) is 19.9 Å². The van der Waals surface area contributed by atoms with Crippen LogP contribution in [0.5, 0.6) is 5.75 Å². The second-order valence-electron chi connectivity index (χ2n) is 5.94. The molecule has 1 aromatic rings. The lowest BCUT2D eigenvalue weighted by Crippen LogP contribution is -2.49. The number of piperazine rings is 1. The molecule has 0 aromatic heterocycles. The van der Waals surface area contributed by atoms with Crippen molar-refractivity contribution < 1.29 is 9.90 Å². The Hall–Kier alpha value is -1.55. The molecule has 0 aliphatic carbocycles. The maximum absolute atomic E-state index is 12.5. The maximum Gasteiger partial charge on any atom is 0.254 e. The van der Waals surface area contributed by atoms with Gasteiger partial charge in [-0.05, 0) is 25.0 Å². The number of nitrogens with zero attached hydrogens (tertiary/aromatic N) is 2. The third-order valence-corrected chi connectivity index (χ3v) is 3.82. The van der Waals surface area contributed by atoms with E-state index in [1.807, 2.05) is 4.90 Å². The first-order valence-corrected chi connectivity index (χ1v) is 7.29. The molecule has 4 nitrogen and oxygen atoms in total. The predicted molar refractivity (Wildman–Crippen MR) is 80.0 cm³/mol. The molecule has 1 heterocycles. The van der Waals surface area contributed by atoms with Crippen LogP contribution >= 0.6 is 0 Å². The summed E-state index contributed by atoms with van der Waals surface area (Å²) in [5.74, 6) is 0.877. The first-order chi connectivity index (χ1) is 9.49. The normalized spacial score (nSPS) is 16.7. The highest BCUT2D eigenvalue weighted by Gasteiger charge is 2.23. The van der Waals surface area contributed by atoms with Crippen LogP contribution < -0.4 is 0 Å². The molecule has 1 fully saturated rings. The number of carbonyl (C=O) groups is 1. The summed E-state index contributed by atoms with van der Waals surface area (Å²) in [5.41, 5.74) is 1.28. The number of phenols is 1. The SMILES string of the molecule is Cc1c(O)cccc1C(=O)N1CCN(CC(C)C)CC1. The molecular weight excluding hydrogens is 252 g/mol. The van der Waals surface area contributed by atoms with Gasteiger partial charge >= 0.3 is 0 Å². The first kappa shape index (κ1) is 14.9. The van der Waals surface area contributed by atoms with Gasteiger partial charge in [0.15, 0.2) is 0 Å². The van der Waals surface area contributed by atoms with Crippen LogP contribution in [-0.2, 0) is 0 Å². The van der Waals surface area contributed by atoms with Gasteiger partial charge in [0.05, 0.1) is 0 Å². The minimum Gasteiger partial charge on any atom is -0.508 e. The van der Waals surface area contributed by atoms with Crippen molar-refractivity contribution in [1.82, 2.24) is 9.80 Å². The predicted octanol–water partition coefficient (Wildman–Crippen LogP) is 2.11. The average Bonchev–Trinajstić information content (AvgIpc) is 2.41. The summed E-state index contributed by atoms with van der Waals surface area (Å²) in [5, 5.41) is 9.71. The zero-order valence-corrected chi connectivity index (χ0v) is 12.6. The summed E-state index contributed by atoms with van der Waals surface area (Å²) in [6.07, 6.45) is 0. The first-order valence-electron chi connectivity index (χ1n) is 7.29. The highest BCUT2D eigenvalue weighted by molar-refractivity contribution is 5.96. The van der Waals surface area contributed by atoms with Crippen LogP contribution in [0.1, 0.15) is 29.8 Å². The number of amides is 1. The van der Waals surface area contributed by atoms with Gasteiger partial charge in [0.1, 0.15) is 5.75 Å². The van der Waals surface area contributed by atoms with Crippen molar-refractivity contribution >= 4 is 5.91 Å². The maximum atomic E-state index is 12.5. The van der Waals surface area contributed by atoms with E-state index in [1.54, 1.807) is 25.1 Å². The van der Waals surface area contributed by atoms with Gasteiger partial charge in [-0.25, -0.2) is 0 Å². The fourth-order valence-electron chi connectivity index (χ4n) is 2.68. The third-order valence-electron chi connectivity index (χ3n) is 3.82. The molecule has 1 aliphatic rings. The molecule has 4 heteroatoms. The van der Waals surface area contributed by atoms with Gasteiger partial charge < -0.3 is 10.0 Å². The van der Waals surface area contributed by atoms with Crippen LogP contribution in [0, 0.1) is 12.8 Å². The molecule has 1 aliphatic heterocycles. The molecule has 1 amide bonds. The van der Waals surface area contributed by atoms with E-state index >= 15 is 0 Å². The van der Waals surface area contributed by atoms with Gasteiger partial charge in [0, 0.05) is 43.9 Å². The number of benzene rings is 1. The summed E-state index contributed by atoms with van der Waals surface area (Å²) in [7, 11) is 0. The van der Waals surface area contributed by atoms with E-state index < -0.39 is 0 Å². The summed E-state index contributed by atoms with van der Waals surface area (Å²) >= 11 is 0. The number of hydrogen-bond donors (Lipinski definition) is 1. The molecule has 0 radical (unpaired) electrons. The molecule has 0 atom stereocenters. The van der Waals surface area contributed by atoms with Crippen LogP contribution in [0.25, 0.3) is 0 Å². The summed E-state index contributed by atoms with van der Waals surface area (Å²) in [6.45, 7) is 10.7. The second-order valence-corrected chi connectivity index (χ2v) is 5.94. The second kappa shape index (κ2) is 6.27. The number of carbonyl (C=O) groups excluding carboxylic acids is 1. The monoisotopic (exact) mass is 276 g/mol. The van der Waals surface area contributed by atoms with E-state index in [4.69, 9.17) is 0 Å². The van der Waals surface area contributed by atoms with E-state index in [9.17, 15) is 9.90 Å². The van der Waals surface area contributed by atoms with Crippen molar-refractivity contribution in [3.05, 3.63) is 29.3 Å². The van der Waals surface area contributed by atoms with Crippen molar-refractivity contribution in [2.45, 2.75) is 20.8 Å². The Morgan fingerprint density at radius 3 is 2.50 bits per heavy atom. The van der Waals surface area contributed by atoms with Crippen LogP contribution in [0.2, 0.25) is 0 Å². The number of rotatable bonds is 3. The Morgan fingerprint density at radius 2 is 1.90 bits per heavy atom. The Kier molecular flexibility index (Phi) is 4.65. The Balaban J connectivity index is 2.00. The molecule has 2 rings (SSSR count). The van der Waals surface area contributed by atoms with Crippen LogP contribution in [0.3, 0.4) is 0 Å². The fraction of sp³-hybridized carbons (Fsp3) is 0.562. The standard InChI is InChI=1S/C16H24N2O2/c1-12(2)11-17-7-9-18(10-8-17)16(20)14-5-4-6-15(19)13(14)3/h4-6,12,19H,7-11H2,1-3H3. The molecule has 110 valence electrons. The molecule has 1 N–H and O–H groups in total. The number of aromatic hydroxyl groups is 1. The largest absolute Gasteiger partial charge is 0.508 e. The van der Waals surface area contributed by atoms with E-state index in [0.29, 0.717) is 17.0 Å². The van der Waals surface area contributed by atoms with Crippen molar-refractivity contribution in [1.29, 1.82) is 0 Å². The van der Waals surface area contributed by atoms with Crippen molar-refractivity contribution in [3.8, 4) is 5.75 Å². The Labute approximate surface area is 121 Å². The molecule has 20 heavy (non-hydrogen) atoms. The minimum atomic E-state index is 0.0302. The van der Waals surface area contributed by atoms with Crippen molar-refractivity contribution in [2.24, 2.45) is 5.92 Å². The summed E-state index contributed by atoms with van der Waals surface area (Å²) < 4.78 is 0. The van der Waals surface area contributed by atoms with E-state index in [0.717, 1.165) is 32.7 Å². The lowest BCUT2D eigenvalue weighted by atomic mass is 10.1. The molecule has 0 spiro atoms. The zero-order valence-electron chi connectivity index (χ0n) is 12.6. The van der Waals surface area contributed by atoms with E-state index in [1.165, 1.54) is 0 Å². The van der Waals surface area contributed by atoms with E-state index in [2.05, 4.69) is 18.7 Å². The fourth-order valence-corrected chi connectivity index (χ4v) is 2.68. The average molecular weight is 276 g/mol. The molecule has 0 saturated carbocycles. The highest BCUT2D eigenvalue weighted by atomic mass is 16.3. The smallest absolute Gasteiger partial charge is 0.254 e. The Morgan fingerprint density at radius 1 is 1.25 bits per heavy atom. The Bertz CT molecular complexity index is 477. The van der Waals surface area contributed by atoms with Gasteiger partial charge in [0.25, 0.3) is 5.91 Å². The zero-order chi connectivity index (χ0) is 14.7. The van der Waals surface area contributed by atoms with E-state index in [-0.39, 0.29) is 11.7 Å². The lowest BCUT2D eigenvalue weighted by molar-refractivity contribution is 0.0622. The van der Waals surface area contributed by atoms with Gasteiger partial charge in [-0.15, -0.1) is 0 Å². The summed E-state index contributed by atoms with van der Waals surface area (Å²) in [6, 6.07) is 5.13. The van der Waals surface area contributed by atoms with Crippen LogP contribution in [0.4, 0.5) is 0 Å². The number of phenolic OH excluding ortho intramolecular Hbond substituents is 1. The van der Waals surface area contributed by atoms with Crippen molar-refractivity contribution in [2.75, 3.05) is 32.7 Å². The third kappa shape index (κ3) is 3.31.